The summed E-state index contributed by atoms with van der Waals surface area (Å²) in [6.07, 6.45) is 3.17. The average Bonchev–Trinajstić information content (AvgIpc) is 2.88. The molecule has 4 aromatic rings. The summed E-state index contributed by atoms with van der Waals surface area (Å²) in [5.74, 6) is -0.529. The van der Waals surface area contributed by atoms with Crippen LogP contribution in [0.5, 0.6) is 5.75 Å². The number of nitro benzene ring substituents is 1. The number of allylic oxidation sites excluding steroid dienone is 1. The van der Waals surface area contributed by atoms with Gasteiger partial charge in [-0.15, -0.1) is 0 Å². The van der Waals surface area contributed by atoms with Crippen molar-refractivity contribution in [1.29, 1.82) is 0 Å². The number of rotatable bonds is 7. The summed E-state index contributed by atoms with van der Waals surface area (Å²) in [5, 5.41) is 10.9. The predicted octanol–water partition coefficient (Wildman–Crippen LogP) is 6.38. The van der Waals surface area contributed by atoms with Crippen molar-refractivity contribution in [2.75, 3.05) is 0 Å². The molecule has 0 radical (unpaired) electrons. The number of benzene rings is 4. The Bertz CT molecular complexity index is 1360. The molecule has 0 aliphatic carbocycles. The minimum absolute atomic E-state index is 0.0852. The van der Waals surface area contributed by atoms with Gasteiger partial charge >= 0.3 is 5.97 Å². The van der Waals surface area contributed by atoms with E-state index in [1.54, 1.807) is 42.5 Å². The van der Waals surface area contributed by atoms with E-state index in [-0.39, 0.29) is 22.8 Å². The van der Waals surface area contributed by atoms with E-state index in [1.807, 2.05) is 42.5 Å². The molecule has 0 heterocycles. The molecule has 0 aliphatic heterocycles. The van der Waals surface area contributed by atoms with Crippen LogP contribution in [0.15, 0.2) is 109 Å². The Kier molecular flexibility index (Phi) is 6.70. The number of carbonyl (C=O) groups excluding carboxylic acids is 2. The van der Waals surface area contributed by atoms with Crippen molar-refractivity contribution in [2.24, 2.45) is 0 Å². The largest absolute Gasteiger partial charge is 0.423 e. The van der Waals surface area contributed by atoms with Crippen molar-refractivity contribution in [3.05, 3.63) is 136 Å². The quantitative estimate of drug-likeness (QED) is 0.0816. The van der Waals surface area contributed by atoms with Gasteiger partial charge in [0.25, 0.3) is 5.69 Å². The van der Waals surface area contributed by atoms with Crippen LogP contribution in [0.25, 0.3) is 17.2 Å². The molecule has 0 unspecified atom stereocenters. The number of hydrogen-bond donors (Lipinski definition) is 0. The summed E-state index contributed by atoms with van der Waals surface area (Å²) in [5.41, 5.74) is 3.36. The van der Waals surface area contributed by atoms with Crippen LogP contribution in [0.1, 0.15) is 26.3 Å². The molecule has 0 aromatic heterocycles. The summed E-state index contributed by atoms with van der Waals surface area (Å²) in [6, 6.07) is 29.3. The number of hydrogen-bond acceptors (Lipinski definition) is 5. The van der Waals surface area contributed by atoms with E-state index in [0.29, 0.717) is 5.56 Å². The smallest absolute Gasteiger partial charge is 0.343 e. The van der Waals surface area contributed by atoms with E-state index in [1.165, 1.54) is 24.3 Å². The second kappa shape index (κ2) is 10.2. The first-order valence-corrected chi connectivity index (χ1v) is 10.4. The van der Waals surface area contributed by atoms with Crippen LogP contribution in [0.2, 0.25) is 0 Å². The van der Waals surface area contributed by atoms with E-state index in [2.05, 4.69) is 0 Å². The summed E-state index contributed by atoms with van der Waals surface area (Å²) in [4.78, 5) is 35.1. The summed E-state index contributed by atoms with van der Waals surface area (Å²) < 4.78 is 5.28. The molecular weight excluding hydrogens is 430 g/mol. The van der Waals surface area contributed by atoms with Crippen LogP contribution in [-0.4, -0.2) is 16.7 Å². The van der Waals surface area contributed by atoms with E-state index < -0.39 is 10.9 Å². The highest BCUT2D eigenvalue weighted by Crippen LogP contribution is 2.20. The van der Waals surface area contributed by atoms with Gasteiger partial charge in [-0.25, -0.2) is 4.79 Å². The van der Waals surface area contributed by atoms with Crippen molar-refractivity contribution >= 4 is 23.5 Å². The Balaban J connectivity index is 1.38. The Morgan fingerprint density at radius 1 is 0.735 bits per heavy atom. The zero-order valence-corrected chi connectivity index (χ0v) is 18.0. The van der Waals surface area contributed by atoms with Crippen LogP contribution < -0.4 is 4.74 Å². The fraction of sp³-hybridized carbons (Fsp3) is 0. The Morgan fingerprint density at radius 3 is 2.09 bits per heavy atom. The number of carbonyl (C=O) groups is 2. The lowest BCUT2D eigenvalue weighted by Crippen LogP contribution is -2.08. The first kappa shape index (κ1) is 22.4. The van der Waals surface area contributed by atoms with Crippen LogP contribution in [0.3, 0.4) is 0 Å². The molecule has 0 amide bonds. The van der Waals surface area contributed by atoms with Gasteiger partial charge in [-0.05, 0) is 41.0 Å². The summed E-state index contributed by atoms with van der Waals surface area (Å²) in [7, 11) is 0. The highest BCUT2D eigenvalue weighted by atomic mass is 16.6. The lowest BCUT2D eigenvalue weighted by Gasteiger charge is -2.05. The lowest BCUT2D eigenvalue weighted by molar-refractivity contribution is -0.384. The molecule has 34 heavy (non-hydrogen) atoms. The molecule has 166 valence electrons. The van der Waals surface area contributed by atoms with Crippen molar-refractivity contribution in [3.63, 3.8) is 0 Å². The van der Waals surface area contributed by atoms with Crippen molar-refractivity contribution < 1.29 is 19.2 Å². The number of non-ortho nitro benzene ring substituents is 1. The molecule has 4 rings (SSSR count). The minimum Gasteiger partial charge on any atom is -0.423 e. The Labute approximate surface area is 195 Å². The van der Waals surface area contributed by atoms with Gasteiger partial charge < -0.3 is 4.74 Å². The van der Waals surface area contributed by atoms with E-state index in [9.17, 15) is 19.7 Å². The van der Waals surface area contributed by atoms with Gasteiger partial charge in [0.2, 0.25) is 0 Å². The van der Waals surface area contributed by atoms with Crippen LogP contribution in [0.4, 0.5) is 5.69 Å². The maximum Gasteiger partial charge on any atom is 0.343 e. The highest BCUT2D eigenvalue weighted by molar-refractivity contribution is 6.07. The molecule has 0 fully saturated rings. The molecular formula is C28H19NO5. The SMILES string of the molecule is O=C(C=Cc1ccc(OC(=O)c2cccc([N+](=O)[O-])c2)cc1)c1ccc(-c2ccccc2)cc1. The van der Waals surface area contributed by atoms with Crippen molar-refractivity contribution in [2.45, 2.75) is 0 Å². The van der Waals surface area contributed by atoms with Gasteiger partial charge in [-0.2, -0.15) is 0 Å². The maximum atomic E-state index is 12.5. The monoisotopic (exact) mass is 449 g/mol. The van der Waals surface area contributed by atoms with Crippen molar-refractivity contribution in [3.8, 4) is 16.9 Å². The Morgan fingerprint density at radius 2 is 1.41 bits per heavy atom. The molecule has 0 bridgehead atoms. The number of ketones is 1. The third-order valence-electron chi connectivity index (χ3n) is 5.09. The third-order valence-corrected chi connectivity index (χ3v) is 5.09. The zero-order valence-electron chi connectivity index (χ0n) is 18.0. The number of ether oxygens (including phenoxy) is 1. The molecule has 0 N–H and O–H groups in total. The van der Waals surface area contributed by atoms with Crippen LogP contribution in [-0.2, 0) is 0 Å². The summed E-state index contributed by atoms with van der Waals surface area (Å²) in [6.45, 7) is 0. The van der Waals surface area contributed by atoms with Gasteiger partial charge in [0.1, 0.15) is 5.75 Å². The van der Waals surface area contributed by atoms with E-state index in [0.717, 1.165) is 22.8 Å². The molecule has 6 nitrogen and oxygen atoms in total. The molecule has 0 saturated heterocycles. The van der Waals surface area contributed by atoms with E-state index >= 15 is 0 Å². The zero-order chi connectivity index (χ0) is 23.9. The van der Waals surface area contributed by atoms with Crippen LogP contribution in [0, 0.1) is 10.1 Å². The molecule has 0 spiro atoms. The molecule has 6 heteroatoms. The molecule has 0 saturated carbocycles. The van der Waals surface area contributed by atoms with Gasteiger partial charge in [0.15, 0.2) is 5.78 Å². The molecule has 4 aromatic carbocycles. The second-order valence-corrected chi connectivity index (χ2v) is 7.41. The number of nitro groups is 1. The highest BCUT2D eigenvalue weighted by Gasteiger charge is 2.13. The predicted molar refractivity (Wildman–Crippen MR) is 130 cm³/mol. The van der Waals surface area contributed by atoms with Gasteiger partial charge in [0.05, 0.1) is 10.5 Å². The minimum atomic E-state index is -0.693. The third kappa shape index (κ3) is 5.49. The van der Waals surface area contributed by atoms with E-state index in [4.69, 9.17) is 4.74 Å². The lowest BCUT2D eigenvalue weighted by atomic mass is 10.0. The van der Waals surface area contributed by atoms with Gasteiger partial charge in [-0.3, -0.25) is 14.9 Å². The van der Waals surface area contributed by atoms with Gasteiger partial charge in [-0.1, -0.05) is 78.9 Å². The maximum absolute atomic E-state index is 12.5. The normalized spacial score (nSPS) is 10.7. The molecule has 0 atom stereocenters. The fourth-order valence-corrected chi connectivity index (χ4v) is 3.29. The average molecular weight is 449 g/mol. The summed E-state index contributed by atoms with van der Waals surface area (Å²) >= 11 is 0. The van der Waals surface area contributed by atoms with Crippen LogP contribution >= 0.6 is 0 Å². The van der Waals surface area contributed by atoms with Gasteiger partial charge in [0, 0.05) is 17.7 Å². The fourth-order valence-electron chi connectivity index (χ4n) is 3.29. The van der Waals surface area contributed by atoms with Crippen molar-refractivity contribution in [1.82, 2.24) is 0 Å². The topological polar surface area (TPSA) is 86.5 Å². The second-order valence-electron chi connectivity index (χ2n) is 7.41. The standard InChI is InChI=1S/C28H19NO5/c30-27(23-14-12-22(13-15-23)21-5-2-1-3-6-21)18-11-20-9-16-26(17-10-20)34-28(31)24-7-4-8-25(19-24)29(32)33/h1-19H. The number of esters is 1. The first-order valence-electron chi connectivity index (χ1n) is 10.4. The first-order chi connectivity index (χ1) is 16.5. The Hall–Kier alpha value is -4.84. The number of nitrogens with zero attached hydrogens (tertiary/aromatic N) is 1. The molecule has 0 aliphatic rings.